The lowest BCUT2D eigenvalue weighted by Gasteiger charge is -2.08. The highest BCUT2D eigenvalue weighted by molar-refractivity contribution is 6.30. The Labute approximate surface area is 122 Å². The molecule has 0 unspecified atom stereocenters. The molecule has 0 spiro atoms. The lowest BCUT2D eigenvalue weighted by Crippen LogP contribution is -2.00. The Morgan fingerprint density at radius 1 is 1.20 bits per heavy atom. The van der Waals surface area contributed by atoms with E-state index in [4.69, 9.17) is 16.3 Å². The molecular weight excluding hydrogens is 278 g/mol. The van der Waals surface area contributed by atoms with E-state index in [-0.39, 0.29) is 12.3 Å². The lowest BCUT2D eigenvalue weighted by molar-refractivity contribution is -0.385. The molecule has 2 rings (SSSR count). The molecule has 0 N–H and O–H groups in total. The van der Waals surface area contributed by atoms with Crippen molar-refractivity contribution in [3.8, 4) is 5.75 Å². The number of nitro benzene ring substituents is 1. The number of benzene rings is 2. The Hall–Kier alpha value is -2.07. The molecule has 0 fully saturated rings. The molecule has 0 aliphatic rings. The maximum atomic E-state index is 10.9. The summed E-state index contributed by atoms with van der Waals surface area (Å²) >= 11 is 5.86. The second-order valence-corrected chi connectivity index (χ2v) is 4.75. The van der Waals surface area contributed by atoms with Crippen LogP contribution in [0.1, 0.15) is 18.1 Å². The monoisotopic (exact) mass is 291 g/mol. The summed E-state index contributed by atoms with van der Waals surface area (Å²) in [6.45, 7) is 2.19. The van der Waals surface area contributed by atoms with Gasteiger partial charge in [-0.2, -0.15) is 0 Å². The molecular formula is C15H14ClNO3. The van der Waals surface area contributed by atoms with Gasteiger partial charge in [-0.15, -0.1) is 0 Å². The van der Waals surface area contributed by atoms with Gasteiger partial charge in [0.15, 0.2) is 0 Å². The van der Waals surface area contributed by atoms with E-state index in [0.717, 1.165) is 6.42 Å². The van der Waals surface area contributed by atoms with Gasteiger partial charge in [0.2, 0.25) is 0 Å². The van der Waals surface area contributed by atoms with Gasteiger partial charge in [-0.3, -0.25) is 10.1 Å². The molecule has 0 saturated carbocycles. The molecule has 2 aromatic rings. The maximum absolute atomic E-state index is 10.9. The van der Waals surface area contributed by atoms with Crippen molar-refractivity contribution in [3.63, 3.8) is 0 Å². The molecule has 0 atom stereocenters. The standard InChI is InChI=1S/C15H14ClNO3/c1-2-11-3-6-14(7-4-11)20-10-12-9-13(16)5-8-15(12)17(18)19/h3-9H,2,10H2,1H3. The highest BCUT2D eigenvalue weighted by Crippen LogP contribution is 2.24. The van der Waals surface area contributed by atoms with Crippen LogP contribution in [0.2, 0.25) is 5.02 Å². The molecule has 104 valence electrons. The number of nitro groups is 1. The van der Waals surface area contributed by atoms with Crippen LogP contribution in [0.25, 0.3) is 0 Å². The zero-order valence-electron chi connectivity index (χ0n) is 11.0. The summed E-state index contributed by atoms with van der Waals surface area (Å²) in [7, 11) is 0. The Balaban J connectivity index is 2.13. The van der Waals surface area contributed by atoms with Gasteiger partial charge in [-0.05, 0) is 36.2 Å². The third-order valence-corrected chi connectivity index (χ3v) is 3.20. The minimum absolute atomic E-state index is 0.0135. The predicted octanol–water partition coefficient (Wildman–Crippen LogP) is 4.39. The van der Waals surface area contributed by atoms with Crippen molar-refractivity contribution >= 4 is 17.3 Å². The van der Waals surface area contributed by atoms with Gasteiger partial charge in [0.05, 0.1) is 10.5 Å². The van der Waals surface area contributed by atoms with Crippen LogP contribution in [0.5, 0.6) is 5.75 Å². The summed E-state index contributed by atoms with van der Waals surface area (Å²) in [5.41, 5.74) is 1.69. The highest BCUT2D eigenvalue weighted by atomic mass is 35.5. The molecule has 0 radical (unpaired) electrons. The number of halogens is 1. The molecule has 0 aliphatic carbocycles. The van der Waals surface area contributed by atoms with Gasteiger partial charge in [-0.1, -0.05) is 30.7 Å². The quantitative estimate of drug-likeness (QED) is 0.606. The minimum Gasteiger partial charge on any atom is -0.489 e. The smallest absolute Gasteiger partial charge is 0.276 e. The van der Waals surface area contributed by atoms with E-state index in [1.54, 1.807) is 6.07 Å². The van der Waals surface area contributed by atoms with Gasteiger partial charge in [-0.25, -0.2) is 0 Å². The van der Waals surface area contributed by atoms with E-state index < -0.39 is 4.92 Å². The van der Waals surface area contributed by atoms with Gasteiger partial charge < -0.3 is 4.74 Å². The largest absolute Gasteiger partial charge is 0.489 e. The van der Waals surface area contributed by atoms with Crippen molar-refractivity contribution in [2.45, 2.75) is 20.0 Å². The fraction of sp³-hybridized carbons (Fsp3) is 0.200. The third-order valence-electron chi connectivity index (χ3n) is 2.96. The second kappa shape index (κ2) is 6.39. The Kier molecular flexibility index (Phi) is 4.58. The van der Waals surface area contributed by atoms with E-state index in [0.29, 0.717) is 16.3 Å². The van der Waals surface area contributed by atoms with E-state index in [2.05, 4.69) is 6.92 Å². The summed E-state index contributed by atoms with van der Waals surface area (Å²) < 4.78 is 5.57. The number of nitrogens with zero attached hydrogens (tertiary/aromatic N) is 1. The van der Waals surface area contributed by atoms with Crippen LogP contribution < -0.4 is 4.74 Å². The minimum atomic E-state index is -0.435. The van der Waals surface area contributed by atoms with Crippen LogP contribution in [-0.4, -0.2) is 4.92 Å². The summed E-state index contributed by atoms with van der Waals surface area (Å²) in [5, 5.41) is 11.4. The van der Waals surface area contributed by atoms with Crippen molar-refractivity contribution in [2.75, 3.05) is 0 Å². The fourth-order valence-corrected chi connectivity index (χ4v) is 2.02. The SMILES string of the molecule is CCc1ccc(OCc2cc(Cl)ccc2[N+](=O)[O-])cc1. The first-order chi connectivity index (χ1) is 9.60. The van der Waals surface area contributed by atoms with Gasteiger partial charge >= 0.3 is 0 Å². The third kappa shape index (κ3) is 3.48. The van der Waals surface area contributed by atoms with Crippen molar-refractivity contribution in [2.24, 2.45) is 0 Å². The van der Waals surface area contributed by atoms with E-state index in [1.165, 1.54) is 17.7 Å². The first-order valence-electron chi connectivity index (χ1n) is 6.24. The van der Waals surface area contributed by atoms with Gasteiger partial charge in [0, 0.05) is 11.1 Å². The number of ether oxygens (including phenoxy) is 1. The average Bonchev–Trinajstić information content (AvgIpc) is 2.45. The molecule has 0 aromatic heterocycles. The summed E-state index contributed by atoms with van der Waals surface area (Å²) in [6, 6.07) is 12.1. The number of hydrogen-bond acceptors (Lipinski definition) is 3. The first-order valence-corrected chi connectivity index (χ1v) is 6.62. The fourth-order valence-electron chi connectivity index (χ4n) is 1.83. The van der Waals surface area contributed by atoms with Crippen LogP contribution in [0, 0.1) is 10.1 Å². The molecule has 20 heavy (non-hydrogen) atoms. The number of hydrogen-bond donors (Lipinski definition) is 0. The zero-order chi connectivity index (χ0) is 14.5. The van der Waals surface area contributed by atoms with Crippen molar-refractivity contribution in [1.29, 1.82) is 0 Å². The van der Waals surface area contributed by atoms with Crippen molar-refractivity contribution < 1.29 is 9.66 Å². The highest BCUT2D eigenvalue weighted by Gasteiger charge is 2.14. The van der Waals surface area contributed by atoms with Crippen molar-refractivity contribution in [1.82, 2.24) is 0 Å². The summed E-state index contributed by atoms with van der Waals surface area (Å²) in [5.74, 6) is 0.677. The number of aryl methyl sites for hydroxylation is 1. The molecule has 4 nitrogen and oxygen atoms in total. The number of rotatable bonds is 5. The Morgan fingerprint density at radius 2 is 1.90 bits per heavy atom. The van der Waals surface area contributed by atoms with Crippen LogP contribution in [0.3, 0.4) is 0 Å². The van der Waals surface area contributed by atoms with E-state index in [9.17, 15) is 10.1 Å². The zero-order valence-corrected chi connectivity index (χ0v) is 11.8. The lowest BCUT2D eigenvalue weighted by atomic mass is 10.1. The molecule has 2 aromatic carbocycles. The van der Waals surface area contributed by atoms with Crippen LogP contribution in [0.4, 0.5) is 5.69 Å². The Bertz CT molecular complexity index is 611. The van der Waals surface area contributed by atoms with E-state index in [1.807, 2.05) is 24.3 Å². The first kappa shape index (κ1) is 14.3. The topological polar surface area (TPSA) is 52.4 Å². The van der Waals surface area contributed by atoms with Gasteiger partial charge in [0.25, 0.3) is 5.69 Å². The Morgan fingerprint density at radius 3 is 2.50 bits per heavy atom. The molecule has 0 aliphatic heterocycles. The van der Waals surface area contributed by atoms with E-state index >= 15 is 0 Å². The maximum Gasteiger partial charge on any atom is 0.276 e. The second-order valence-electron chi connectivity index (χ2n) is 4.32. The molecule has 0 heterocycles. The van der Waals surface area contributed by atoms with Crippen LogP contribution in [-0.2, 0) is 13.0 Å². The molecule has 0 amide bonds. The average molecular weight is 292 g/mol. The summed E-state index contributed by atoms with van der Waals surface area (Å²) in [4.78, 5) is 10.5. The molecule has 0 bridgehead atoms. The van der Waals surface area contributed by atoms with Crippen LogP contribution >= 0.6 is 11.6 Å². The summed E-state index contributed by atoms with van der Waals surface area (Å²) in [6.07, 6.45) is 0.958. The normalized spacial score (nSPS) is 10.3. The predicted molar refractivity (Wildman–Crippen MR) is 78.3 cm³/mol. The molecule has 5 heteroatoms. The van der Waals surface area contributed by atoms with Crippen LogP contribution in [0.15, 0.2) is 42.5 Å². The van der Waals surface area contributed by atoms with Gasteiger partial charge in [0.1, 0.15) is 12.4 Å². The molecule has 0 saturated heterocycles. The van der Waals surface area contributed by atoms with Crippen molar-refractivity contribution in [3.05, 3.63) is 68.7 Å².